The first-order valence-corrected chi connectivity index (χ1v) is 6.70. The topological polar surface area (TPSA) is 50.2 Å². The maximum absolute atomic E-state index is 11.4. The van der Waals surface area contributed by atoms with Crippen LogP contribution in [-0.2, 0) is 5.41 Å². The van der Waals surface area contributed by atoms with Crippen LogP contribution in [-0.4, -0.2) is 16.1 Å². The van der Waals surface area contributed by atoms with Gasteiger partial charge < -0.3 is 5.11 Å². The molecule has 1 aromatic heterocycles. The van der Waals surface area contributed by atoms with Crippen molar-refractivity contribution in [2.75, 3.05) is 0 Å². The number of hydrogen-bond acceptors (Lipinski definition) is 2. The van der Waals surface area contributed by atoms with Crippen molar-refractivity contribution < 1.29 is 9.90 Å². The molecular weight excluding hydrogens is 285 g/mol. The van der Waals surface area contributed by atoms with Crippen LogP contribution in [0.3, 0.4) is 0 Å². The Morgan fingerprint density at radius 2 is 2.00 bits per heavy atom. The van der Waals surface area contributed by atoms with Crippen molar-refractivity contribution >= 4 is 40.1 Å². The monoisotopic (exact) mass is 295 g/mol. The number of fused-ring (bicyclic) bond motifs is 1. The maximum Gasteiger partial charge on any atom is 0.336 e. The molecule has 1 saturated carbocycles. The number of rotatable bonds is 2. The van der Waals surface area contributed by atoms with Gasteiger partial charge in [-0.05, 0) is 31.0 Å². The van der Waals surface area contributed by atoms with Crippen LogP contribution in [0.1, 0.15) is 35.8 Å². The Morgan fingerprint density at radius 1 is 1.32 bits per heavy atom. The highest BCUT2D eigenvalue weighted by Gasteiger charge is 2.41. The lowest BCUT2D eigenvalue weighted by molar-refractivity contribution is 0.0699. The highest BCUT2D eigenvalue weighted by atomic mass is 35.5. The quantitative estimate of drug-likeness (QED) is 0.899. The second-order valence-corrected chi connectivity index (χ2v) is 6.05. The van der Waals surface area contributed by atoms with E-state index in [0.717, 1.165) is 18.5 Å². The third kappa shape index (κ3) is 2.07. The summed E-state index contributed by atoms with van der Waals surface area (Å²) < 4.78 is 0. The minimum absolute atomic E-state index is 0.0125. The molecule has 5 heteroatoms. The van der Waals surface area contributed by atoms with Crippen LogP contribution in [0.2, 0.25) is 10.0 Å². The summed E-state index contributed by atoms with van der Waals surface area (Å²) in [6.45, 7) is 2.08. The van der Waals surface area contributed by atoms with Gasteiger partial charge in [0.05, 0.1) is 16.1 Å². The SMILES string of the molecule is CC1(c2cc(C(=O)O)c3cc(Cl)cc(Cl)c3n2)CC1. The lowest BCUT2D eigenvalue weighted by Gasteiger charge is -2.12. The second kappa shape index (κ2) is 4.09. The first-order chi connectivity index (χ1) is 8.90. The number of nitrogens with zero attached hydrogens (tertiary/aromatic N) is 1. The van der Waals surface area contributed by atoms with E-state index in [4.69, 9.17) is 23.2 Å². The molecule has 0 saturated heterocycles. The summed E-state index contributed by atoms with van der Waals surface area (Å²) in [6.07, 6.45) is 2.05. The van der Waals surface area contributed by atoms with E-state index in [0.29, 0.717) is 20.9 Å². The first kappa shape index (κ1) is 12.7. The van der Waals surface area contributed by atoms with Gasteiger partial charge in [-0.25, -0.2) is 4.79 Å². The lowest BCUT2D eigenvalue weighted by atomic mass is 10.00. The molecule has 1 heterocycles. The van der Waals surface area contributed by atoms with E-state index >= 15 is 0 Å². The molecule has 0 aliphatic heterocycles. The zero-order valence-electron chi connectivity index (χ0n) is 10.2. The van der Waals surface area contributed by atoms with Gasteiger partial charge in [-0.2, -0.15) is 0 Å². The molecule has 0 radical (unpaired) electrons. The van der Waals surface area contributed by atoms with E-state index in [2.05, 4.69) is 11.9 Å². The van der Waals surface area contributed by atoms with Crippen LogP contribution in [0.25, 0.3) is 10.9 Å². The molecule has 0 spiro atoms. The number of carbonyl (C=O) groups is 1. The molecule has 1 N–H and O–H groups in total. The largest absolute Gasteiger partial charge is 0.478 e. The van der Waals surface area contributed by atoms with Crippen molar-refractivity contribution in [2.24, 2.45) is 0 Å². The number of pyridine rings is 1. The molecule has 3 rings (SSSR count). The fourth-order valence-electron chi connectivity index (χ4n) is 2.18. The molecule has 1 aromatic carbocycles. The third-order valence-electron chi connectivity index (χ3n) is 3.68. The molecule has 98 valence electrons. The van der Waals surface area contributed by atoms with Crippen LogP contribution in [0, 0.1) is 0 Å². The van der Waals surface area contributed by atoms with Crippen molar-refractivity contribution in [3.05, 3.63) is 39.5 Å². The lowest BCUT2D eigenvalue weighted by Crippen LogP contribution is -2.08. The maximum atomic E-state index is 11.4. The molecule has 3 nitrogen and oxygen atoms in total. The van der Waals surface area contributed by atoms with Crippen LogP contribution >= 0.6 is 23.2 Å². The molecule has 1 aliphatic carbocycles. The Kier molecular flexibility index (Phi) is 2.73. The summed E-state index contributed by atoms with van der Waals surface area (Å²) in [5, 5.41) is 10.6. The van der Waals surface area contributed by atoms with Gasteiger partial charge in [-0.15, -0.1) is 0 Å². The molecule has 0 unspecified atom stereocenters. The van der Waals surface area contributed by atoms with Crippen molar-refractivity contribution in [2.45, 2.75) is 25.2 Å². The zero-order valence-corrected chi connectivity index (χ0v) is 11.7. The summed E-state index contributed by atoms with van der Waals surface area (Å²) in [4.78, 5) is 16.0. The van der Waals surface area contributed by atoms with E-state index in [1.165, 1.54) is 0 Å². The van der Waals surface area contributed by atoms with Gasteiger partial charge >= 0.3 is 5.97 Å². The Balaban J connectivity index is 2.38. The van der Waals surface area contributed by atoms with Gasteiger partial charge in [0.2, 0.25) is 0 Å². The predicted molar refractivity (Wildman–Crippen MR) is 75.3 cm³/mol. The highest BCUT2D eigenvalue weighted by molar-refractivity contribution is 6.38. The van der Waals surface area contributed by atoms with E-state index in [-0.39, 0.29) is 11.0 Å². The fourth-order valence-corrected chi connectivity index (χ4v) is 2.72. The predicted octanol–water partition coefficient (Wildman–Crippen LogP) is 4.29. The van der Waals surface area contributed by atoms with Crippen LogP contribution < -0.4 is 0 Å². The number of carboxylic acids is 1. The smallest absolute Gasteiger partial charge is 0.336 e. The van der Waals surface area contributed by atoms with E-state index in [1.54, 1.807) is 18.2 Å². The van der Waals surface area contributed by atoms with Crippen LogP contribution in [0.5, 0.6) is 0 Å². The number of hydrogen-bond donors (Lipinski definition) is 1. The summed E-state index contributed by atoms with van der Waals surface area (Å²) >= 11 is 12.1. The number of halogens is 2. The van der Waals surface area contributed by atoms with Crippen LogP contribution in [0.4, 0.5) is 0 Å². The normalized spacial score (nSPS) is 16.6. The van der Waals surface area contributed by atoms with Crippen molar-refractivity contribution in [1.29, 1.82) is 0 Å². The summed E-state index contributed by atoms with van der Waals surface area (Å²) in [7, 11) is 0. The third-order valence-corrected chi connectivity index (χ3v) is 4.19. The first-order valence-electron chi connectivity index (χ1n) is 5.94. The summed E-state index contributed by atoms with van der Waals surface area (Å²) in [5.74, 6) is -0.990. The van der Waals surface area contributed by atoms with Gasteiger partial charge in [0.25, 0.3) is 0 Å². The Morgan fingerprint density at radius 3 is 2.58 bits per heavy atom. The zero-order chi connectivity index (χ0) is 13.8. The Hall–Kier alpha value is -1.32. The molecule has 2 aromatic rings. The van der Waals surface area contributed by atoms with Gasteiger partial charge in [0.1, 0.15) is 0 Å². The summed E-state index contributed by atoms with van der Waals surface area (Å²) in [5.41, 5.74) is 1.50. The Bertz CT molecular complexity index is 708. The molecule has 0 amide bonds. The molecular formula is C14H11Cl2NO2. The van der Waals surface area contributed by atoms with Crippen molar-refractivity contribution in [3.8, 4) is 0 Å². The minimum atomic E-state index is -0.990. The van der Waals surface area contributed by atoms with Crippen molar-refractivity contribution in [1.82, 2.24) is 4.98 Å². The molecule has 1 aliphatic rings. The van der Waals surface area contributed by atoms with E-state index < -0.39 is 5.97 Å². The number of carboxylic acid groups (broad SMARTS) is 1. The second-order valence-electron chi connectivity index (χ2n) is 5.20. The molecule has 0 bridgehead atoms. The van der Waals surface area contributed by atoms with Gasteiger partial charge in [0.15, 0.2) is 0 Å². The Labute approximate surface area is 120 Å². The minimum Gasteiger partial charge on any atom is -0.478 e. The average Bonchev–Trinajstić information content (AvgIpc) is 3.07. The highest BCUT2D eigenvalue weighted by Crippen LogP contribution is 2.47. The van der Waals surface area contributed by atoms with Crippen LogP contribution in [0.15, 0.2) is 18.2 Å². The average molecular weight is 296 g/mol. The van der Waals surface area contributed by atoms with Gasteiger partial charge in [-0.1, -0.05) is 30.1 Å². The van der Waals surface area contributed by atoms with E-state index in [1.807, 2.05) is 0 Å². The number of aromatic carboxylic acids is 1. The van der Waals surface area contributed by atoms with Crippen molar-refractivity contribution in [3.63, 3.8) is 0 Å². The van der Waals surface area contributed by atoms with Gasteiger partial charge in [-0.3, -0.25) is 4.98 Å². The fraction of sp³-hybridized carbons (Fsp3) is 0.286. The number of aromatic nitrogens is 1. The molecule has 1 fully saturated rings. The molecule has 19 heavy (non-hydrogen) atoms. The molecule has 0 atom stereocenters. The standard InChI is InChI=1S/C14H11Cl2NO2/c1-14(2-3-14)11-6-9(13(18)19)8-4-7(15)5-10(16)12(8)17-11/h4-6H,2-3H2,1H3,(H,18,19). The summed E-state index contributed by atoms with van der Waals surface area (Å²) in [6, 6.07) is 4.83. The number of benzene rings is 1. The van der Waals surface area contributed by atoms with E-state index in [9.17, 15) is 9.90 Å². The van der Waals surface area contributed by atoms with Gasteiger partial charge in [0, 0.05) is 21.5 Å².